The molecule has 188 valence electrons. The zero-order chi connectivity index (χ0) is 25.9. The van der Waals surface area contributed by atoms with E-state index in [-0.39, 0.29) is 24.4 Å². The van der Waals surface area contributed by atoms with Crippen molar-refractivity contribution in [3.05, 3.63) is 94.8 Å². The van der Waals surface area contributed by atoms with E-state index in [0.717, 1.165) is 11.1 Å². The number of halogens is 1. The highest BCUT2D eigenvalue weighted by molar-refractivity contribution is 5.96. The summed E-state index contributed by atoms with van der Waals surface area (Å²) < 4.78 is 26.0. The van der Waals surface area contributed by atoms with Crippen LogP contribution in [0.5, 0.6) is 11.5 Å². The van der Waals surface area contributed by atoms with Crippen LogP contribution in [0.3, 0.4) is 0 Å². The summed E-state index contributed by atoms with van der Waals surface area (Å²) in [6, 6.07) is 19.0. The Balaban J connectivity index is 1.50. The van der Waals surface area contributed by atoms with Crippen molar-refractivity contribution >= 4 is 11.9 Å². The van der Waals surface area contributed by atoms with Gasteiger partial charge in [0.1, 0.15) is 29.5 Å². The molecule has 0 aromatic heterocycles. The largest absolute Gasteiger partial charge is 0.491 e. The Morgan fingerprint density at radius 2 is 1.83 bits per heavy atom. The molecule has 0 radical (unpaired) electrons. The van der Waals surface area contributed by atoms with Crippen molar-refractivity contribution < 1.29 is 28.6 Å². The van der Waals surface area contributed by atoms with Crippen LogP contribution in [-0.2, 0) is 24.2 Å². The molecule has 3 aromatic rings. The lowest BCUT2D eigenvalue weighted by atomic mass is 9.91. The number of fused-ring (bicyclic) bond motifs is 1. The second kappa shape index (κ2) is 10.4. The molecule has 1 N–H and O–H groups in total. The fraction of sp³-hybridized carbons (Fsp3) is 0.310. The smallest absolute Gasteiger partial charge is 0.323 e. The molecule has 0 unspecified atom stereocenters. The van der Waals surface area contributed by atoms with E-state index in [1.807, 2.05) is 45.0 Å². The molecule has 0 saturated carbocycles. The lowest BCUT2D eigenvalue weighted by molar-refractivity contribution is -0.137. The van der Waals surface area contributed by atoms with Crippen LogP contribution in [0.15, 0.2) is 66.7 Å². The quantitative estimate of drug-likeness (QED) is 0.441. The van der Waals surface area contributed by atoms with Crippen molar-refractivity contribution in [2.45, 2.75) is 51.9 Å². The Morgan fingerprint density at radius 3 is 2.50 bits per heavy atom. The van der Waals surface area contributed by atoms with E-state index < -0.39 is 18.1 Å². The summed E-state index contributed by atoms with van der Waals surface area (Å²) in [5.74, 6) is -0.393. The van der Waals surface area contributed by atoms with E-state index in [2.05, 4.69) is 0 Å². The van der Waals surface area contributed by atoms with E-state index in [1.54, 1.807) is 36.4 Å². The molecular formula is C29H30FNO5. The molecule has 1 aliphatic heterocycles. The predicted molar refractivity (Wildman–Crippen MR) is 134 cm³/mol. The minimum Gasteiger partial charge on any atom is -0.491 e. The number of nitrogens with zero attached hydrogens (tertiary/aromatic N) is 1. The summed E-state index contributed by atoms with van der Waals surface area (Å²) in [5, 5.41) is 9.42. The molecule has 1 atom stereocenters. The molecule has 1 heterocycles. The SMILES string of the molecule is CC(C)Oc1ccc(CN(CC(=O)O)C(=O)c2ccc3c(c2)C[C@@](C)(Cc2ccccc2F)O3)cc1. The number of amides is 1. The number of aliphatic carboxylic acids is 1. The van der Waals surface area contributed by atoms with Crippen LogP contribution in [0, 0.1) is 5.82 Å². The molecule has 6 nitrogen and oxygen atoms in total. The maximum Gasteiger partial charge on any atom is 0.323 e. The number of hydrogen-bond donors (Lipinski definition) is 1. The maximum absolute atomic E-state index is 14.2. The maximum atomic E-state index is 14.2. The molecule has 0 bridgehead atoms. The molecule has 0 saturated heterocycles. The fourth-order valence-electron chi connectivity index (χ4n) is 4.51. The molecule has 1 amide bonds. The zero-order valence-corrected chi connectivity index (χ0v) is 20.7. The van der Waals surface area contributed by atoms with Gasteiger partial charge in [-0.3, -0.25) is 9.59 Å². The van der Waals surface area contributed by atoms with E-state index in [4.69, 9.17) is 9.47 Å². The van der Waals surface area contributed by atoms with Gasteiger partial charge in [0, 0.05) is 24.9 Å². The number of carboxylic acids is 1. The predicted octanol–water partition coefficient (Wildman–Crippen LogP) is 5.28. The summed E-state index contributed by atoms with van der Waals surface area (Å²) in [5.41, 5.74) is 1.94. The zero-order valence-electron chi connectivity index (χ0n) is 20.7. The molecule has 7 heteroatoms. The van der Waals surface area contributed by atoms with Crippen LogP contribution in [0.4, 0.5) is 4.39 Å². The Labute approximate surface area is 210 Å². The monoisotopic (exact) mass is 491 g/mol. The van der Waals surface area contributed by atoms with E-state index in [0.29, 0.717) is 35.5 Å². The number of carbonyl (C=O) groups excluding carboxylic acids is 1. The van der Waals surface area contributed by atoms with Crippen LogP contribution in [0.1, 0.15) is 47.8 Å². The summed E-state index contributed by atoms with van der Waals surface area (Å²) in [4.78, 5) is 26.2. The molecule has 0 aliphatic carbocycles. The first kappa shape index (κ1) is 25.2. The first-order valence-electron chi connectivity index (χ1n) is 11.9. The molecule has 36 heavy (non-hydrogen) atoms. The number of rotatable bonds is 9. The highest BCUT2D eigenvalue weighted by atomic mass is 19.1. The second-order valence-corrected chi connectivity index (χ2v) is 9.68. The van der Waals surface area contributed by atoms with Gasteiger partial charge in [0.2, 0.25) is 0 Å². The van der Waals surface area contributed by atoms with E-state index in [9.17, 15) is 19.1 Å². The average Bonchev–Trinajstić information content (AvgIpc) is 3.15. The third kappa shape index (κ3) is 6.03. The van der Waals surface area contributed by atoms with Crippen molar-refractivity contribution in [2.75, 3.05) is 6.54 Å². The fourth-order valence-corrected chi connectivity index (χ4v) is 4.51. The average molecular weight is 492 g/mol. The van der Waals surface area contributed by atoms with Crippen LogP contribution in [0.2, 0.25) is 0 Å². The van der Waals surface area contributed by atoms with Crippen molar-refractivity contribution in [1.29, 1.82) is 0 Å². The van der Waals surface area contributed by atoms with E-state index in [1.165, 1.54) is 11.0 Å². The lowest BCUT2D eigenvalue weighted by Gasteiger charge is -2.24. The van der Waals surface area contributed by atoms with Gasteiger partial charge in [0.15, 0.2) is 0 Å². The lowest BCUT2D eigenvalue weighted by Crippen LogP contribution is -2.35. The first-order chi connectivity index (χ1) is 17.1. The molecule has 0 spiro atoms. The molecule has 4 rings (SSSR count). The van der Waals surface area contributed by atoms with Gasteiger partial charge in [-0.2, -0.15) is 0 Å². The number of carboxylic acid groups (broad SMARTS) is 1. The van der Waals surface area contributed by atoms with Gasteiger partial charge in [0.25, 0.3) is 5.91 Å². The Morgan fingerprint density at radius 1 is 1.11 bits per heavy atom. The molecule has 1 aliphatic rings. The third-order valence-electron chi connectivity index (χ3n) is 6.03. The van der Waals surface area contributed by atoms with E-state index >= 15 is 0 Å². The Hall–Kier alpha value is -3.87. The van der Waals surface area contributed by atoms with Crippen molar-refractivity contribution in [3.63, 3.8) is 0 Å². The normalized spacial score (nSPS) is 16.4. The van der Waals surface area contributed by atoms with Gasteiger partial charge in [0.05, 0.1) is 6.10 Å². The van der Waals surface area contributed by atoms with Crippen LogP contribution in [-0.4, -0.2) is 40.1 Å². The number of hydrogen-bond acceptors (Lipinski definition) is 4. The number of ether oxygens (including phenoxy) is 2. The first-order valence-corrected chi connectivity index (χ1v) is 11.9. The minimum atomic E-state index is -1.09. The van der Waals surface area contributed by atoms with Gasteiger partial charge in [-0.25, -0.2) is 4.39 Å². The number of benzene rings is 3. The van der Waals surface area contributed by atoms with Gasteiger partial charge >= 0.3 is 5.97 Å². The summed E-state index contributed by atoms with van der Waals surface area (Å²) in [6.07, 6.45) is 0.936. The van der Waals surface area contributed by atoms with Gasteiger partial charge in [-0.1, -0.05) is 30.3 Å². The molecule has 0 fully saturated rings. The summed E-state index contributed by atoms with van der Waals surface area (Å²) in [7, 11) is 0. The van der Waals surface area contributed by atoms with Gasteiger partial charge in [-0.15, -0.1) is 0 Å². The topological polar surface area (TPSA) is 76.1 Å². The summed E-state index contributed by atoms with van der Waals surface area (Å²) in [6.45, 7) is 5.51. The van der Waals surface area contributed by atoms with Crippen molar-refractivity contribution in [2.24, 2.45) is 0 Å². The second-order valence-electron chi connectivity index (χ2n) is 9.68. The third-order valence-corrected chi connectivity index (χ3v) is 6.03. The highest BCUT2D eigenvalue weighted by Crippen LogP contribution is 2.38. The van der Waals surface area contributed by atoms with Crippen molar-refractivity contribution in [1.82, 2.24) is 4.90 Å². The standard InChI is InChI=1S/C29H30FNO5/c1-19(2)35-24-11-8-20(9-12-24)17-31(18-27(32)33)28(34)21-10-13-26-23(14-21)16-29(3,36-26)15-22-6-4-5-7-25(22)30/h4-14,19H,15-18H2,1-3H3,(H,32,33)/t29-/m1/s1. The molecule has 3 aromatic carbocycles. The van der Waals surface area contributed by atoms with Crippen LogP contribution < -0.4 is 9.47 Å². The Kier molecular flexibility index (Phi) is 7.29. The minimum absolute atomic E-state index is 0.0401. The van der Waals surface area contributed by atoms with Crippen LogP contribution in [0.25, 0.3) is 0 Å². The summed E-state index contributed by atoms with van der Waals surface area (Å²) >= 11 is 0. The van der Waals surface area contributed by atoms with Gasteiger partial charge < -0.3 is 19.5 Å². The Bertz CT molecular complexity index is 1260. The molecular weight excluding hydrogens is 461 g/mol. The van der Waals surface area contributed by atoms with Gasteiger partial charge in [-0.05, 0) is 73.9 Å². The highest BCUT2D eigenvalue weighted by Gasteiger charge is 2.36. The van der Waals surface area contributed by atoms with Crippen LogP contribution >= 0.6 is 0 Å². The number of carbonyl (C=O) groups is 2. The van der Waals surface area contributed by atoms with Crippen molar-refractivity contribution in [3.8, 4) is 11.5 Å².